The van der Waals surface area contributed by atoms with Crippen molar-refractivity contribution in [2.75, 3.05) is 0 Å². The Labute approximate surface area is 453 Å². The van der Waals surface area contributed by atoms with E-state index >= 15 is 0 Å². The molecule has 8 aromatic rings. The standard InChI is InChI=1S/4C17H22N/c2*1-11-7-13(3)17(14(4)8-11)16-9-12(2)15(5)10-18(16)6;2*1-11-7-8-16(15(5)14(11)4)17-9-12(2)13(3)10-18(17)6/h4*7-10H,1-6H3/q4*+1/i1D3,5D3;;1D3,3D3;. The molecule has 0 bridgehead atoms. The van der Waals surface area contributed by atoms with Crippen LogP contribution in [0.4, 0.5) is 0 Å². The highest BCUT2D eigenvalue weighted by Crippen LogP contribution is 2.30. The highest BCUT2D eigenvalue weighted by atomic mass is 14.9. The maximum absolute atomic E-state index is 7.62. The average Bonchev–Trinajstić information content (AvgIpc) is 1.51. The summed E-state index contributed by atoms with van der Waals surface area (Å²) in [4.78, 5) is 0. The average molecular weight is 974 g/mol. The van der Waals surface area contributed by atoms with Gasteiger partial charge in [0.15, 0.2) is 24.8 Å². The summed E-state index contributed by atoms with van der Waals surface area (Å²) in [7, 11) is 7.86. The van der Waals surface area contributed by atoms with Crippen molar-refractivity contribution in [3.8, 4) is 45.0 Å². The summed E-state index contributed by atoms with van der Waals surface area (Å²) in [6.45, 7) is 24.3. The van der Waals surface area contributed by atoms with E-state index in [1.165, 1.54) is 78.1 Å². The van der Waals surface area contributed by atoms with E-state index in [-0.39, 0.29) is 0 Å². The third-order valence-corrected chi connectivity index (χ3v) is 14.6. The SMILES string of the molecule is Cc1cc(-c2ccc(C)c(C)c2C)[n+](C)cc1C.Cc1cc(C)c(-c2cc(C)c(C)c[n+]2C)c(C)c1.[2H]C([2H])([2H])c1c[n+](C)c(-c2ccc(C([2H])([2H])[2H])c(C)c2C)cc1C.[2H]C([2H])([2H])c1cc(C)c(-c2cc(C)c(C([2H])([2H])[2H])c[n+]2C)c(C)c1. The van der Waals surface area contributed by atoms with Gasteiger partial charge in [0.25, 0.3) is 0 Å². The minimum Gasteiger partial charge on any atom is -0.201 e. The fourth-order valence-corrected chi connectivity index (χ4v) is 9.58. The van der Waals surface area contributed by atoms with E-state index in [0.29, 0.717) is 33.4 Å². The van der Waals surface area contributed by atoms with Crippen LogP contribution in [0.1, 0.15) is 128 Å². The van der Waals surface area contributed by atoms with Crippen LogP contribution >= 0.6 is 0 Å². The maximum Gasteiger partial charge on any atom is 0.213 e. The first-order valence-electron chi connectivity index (χ1n) is 30.8. The van der Waals surface area contributed by atoms with E-state index in [9.17, 15) is 0 Å². The molecular weight excluding hydrogens is 873 g/mol. The molecule has 0 unspecified atom stereocenters. The van der Waals surface area contributed by atoms with Gasteiger partial charge in [0.05, 0.1) is 11.1 Å². The number of rotatable bonds is 4. The molecule has 4 heteroatoms. The highest BCUT2D eigenvalue weighted by molar-refractivity contribution is 5.69. The number of aromatic nitrogens is 4. The van der Waals surface area contributed by atoms with Crippen molar-refractivity contribution < 1.29 is 34.7 Å². The van der Waals surface area contributed by atoms with Gasteiger partial charge in [-0.2, -0.15) is 0 Å². The Bertz CT molecular complexity index is 3730. The van der Waals surface area contributed by atoms with E-state index in [0.717, 1.165) is 44.8 Å². The van der Waals surface area contributed by atoms with Crippen molar-refractivity contribution in [3.05, 3.63) is 209 Å². The van der Waals surface area contributed by atoms with E-state index in [2.05, 4.69) is 141 Å². The smallest absolute Gasteiger partial charge is 0.201 e. The zero-order valence-corrected chi connectivity index (χ0v) is 47.0. The largest absolute Gasteiger partial charge is 0.213 e. The quantitative estimate of drug-likeness (QED) is 0.156. The van der Waals surface area contributed by atoms with Gasteiger partial charge in [0.1, 0.15) is 28.2 Å². The summed E-state index contributed by atoms with van der Waals surface area (Å²) >= 11 is 0. The molecule has 0 aliphatic carbocycles. The number of hydrogen-bond donors (Lipinski definition) is 0. The van der Waals surface area contributed by atoms with Crippen LogP contribution in [-0.4, -0.2) is 0 Å². The molecule has 0 aliphatic rings. The van der Waals surface area contributed by atoms with Gasteiger partial charge in [-0.3, -0.25) is 0 Å². The van der Waals surface area contributed by atoms with Gasteiger partial charge in [-0.15, -0.1) is 0 Å². The van der Waals surface area contributed by atoms with Gasteiger partial charge < -0.3 is 0 Å². The molecule has 0 saturated carbocycles. The summed E-state index contributed by atoms with van der Waals surface area (Å²) in [5.41, 5.74) is 28.5. The van der Waals surface area contributed by atoms with Crippen LogP contribution in [0, 0.1) is 138 Å². The highest BCUT2D eigenvalue weighted by Gasteiger charge is 2.20. The number of pyridine rings is 4. The second-order valence-corrected chi connectivity index (χ2v) is 20.4. The Kier molecular flexibility index (Phi) is 13.3. The van der Waals surface area contributed by atoms with E-state index in [1.807, 2.05) is 39.8 Å². The van der Waals surface area contributed by atoms with Crippen molar-refractivity contribution in [2.45, 2.75) is 138 Å². The van der Waals surface area contributed by atoms with Crippen LogP contribution in [0.3, 0.4) is 0 Å². The van der Waals surface area contributed by atoms with Gasteiger partial charge in [-0.1, -0.05) is 47.5 Å². The number of nitrogens with zero attached hydrogens (tertiary/aromatic N) is 4. The van der Waals surface area contributed by atoms with Crippen LogP contribution in [0.25, 0.3) is 45.0 Å². The maximum atomic E-state index is 7.62. The first kappa shape index (κ1) is 41.0. The third kappa shape index (κ3) is 12.7. The Hall–Kier alpha value is -6.52. The molecule has 4 nitrogen and oxygen atoms in total. The van der Waals surface area contributed by atoms with Gasteiger partial charge >= 0.3 is 0 Å². The number of benzene rings is 4. The lowest BCUT2D eigenvalue weighted by molar-refractivity contribution is -0.660. The Balaban J connectivity index is 0.000000207. The lowest BCUT2D eigenvalue weighted by atomic mass is 9.95. The molecular formula is C68H88N4+4. The van der Waals surface area contributed by atoms with Crippen molar-refractivity contribution in [2.24, 2.45) is 28.2 Å². The zero-order chi connectivity index (χ0) is 63.8. The fourth-order valence-electron chi connectivity index (χ4n) is 9.58. The van der Waals surface area contributed by atoms with Crippen molar-refractivity contribution in [3.63, 3.8) is 0 Å². The topological polar surface area (TPSA) is 15.5 Å². The predicted molar refractivity (Wildman–Crippen MR) is 307 cm³/mol. The van der Waals surface area contributed by atoms with Crippen molar-refractivity contribution >= 4 is 0 Å². The van der Waals surface area contributed by atoms with Crippen molar-refractivity contribution in [1.82, 2.24) is 0 Å². The van der Waals surface area contributed by atoms with Gasteiger partial charge in [-0.25, -0.2) is 18.3 Å². The normalized spacial score (nSPS) is 13.9. The lowest BCUT2D eigenvalue weighted by Crippen LogP contribution is -2.31. The molecule has 4 heterocycles. The van der Waals surface area contributed by atoms with E-state index in [1.54, 1.807) is 73.7 Å². The second kappa shape index (κ2) is 23.4. The molecule has 0 spiro atoms. The summed E-state index contributed by atoms with van der Waals surface area (Å²) < 4.78 is 99.4. The first-order valence-corrected chi connectivity index (χ1v) is 24.8. The molecule has 0 amide bonds. The van der Waals surface area contributed by atoms with Crippen LogP contribution < -0.4 is 18.3 Å². The Morgan fingerprint density at radius 1 is 0.264 bits per heavy atom. The van der Waals surface area contributed by atoms with Crippen LogP contribution in [0.15, 0.2) is 97.6 Å². The molecule has 8 rings (SSSR count). The van der Waals surface area contributed by atoms with Crippen LogP contribution in [-0.2, 0) is 28.2 Å². The molecule has 0 aliphatic heterocycles. The van der Waals surface area contributed by atoms with Gasteiger partial charge in [-0.05, 0) is 228 Å². The van der Waals surface area contributed by atoms with Crippen LogP contribution in [0.5, 0.6) is 0 Å². The number of aryl methyl sites for hydroxylation is 20. The Morgan fingerprint density at radius 2 is 0.569 bits per heavy atom. The first-order chi connectivity index (χ1) is 38.5. The molecule has 0 fully saturated rings. The molecule has 0 saturated heterocycles. The second-order valence-electron chi connectivity index (χ2n) is 20.4. The van der Waals surface area contributed by atoms with Gasteiger partial charge in [0, 0.05) is 74.1 Å². The Morgan fingerprint density at radius 3 is 0.944 bits per heavy atom. The molecule has 0 radical (unpaired) electrons. The summed E-state index contributed by atoms with van der Waals surface area (Å²) in [6, 6.07) is 24.1. The molecule has 0 atom stereocenters. The van der Waals surface area contributed by atoms with Crippen molar-refractivity contribution in [1.29, 1.82) is 0 Å². The summed E-state index contributed by atoms with van der Waals surface area (Å²) in [5, 5.41) is 0. The third-order valence-electron chi connectivity index (χ3n) is 14.6. The molecule has 0 N–H and O–H groups in total. The minimum atomic E-state index is -2.16. The predicted octanol–water partition coefficient (Wildman–Crippen LogP) is 14.9. The molecule has 72 heavy (non-hydrogen) atoms. The summed E-state index contributed by atoms with van der Waals surface area (Å²) in [6.07, 6.45) is 7.68. The van der Waals surface area contributed by atoms with E-state index in [4.69, 9.17) is 16.4 Å². The molecule has 4 aromatic carbocycles. The number of hydrogen-bond acceptors (Lipinski definition) is 0. The lowest BCUT2D eigenvalue weighted by Gasteiger charge is -2.11. The summed E-state index contributed by atoms with van der Waals surface area (Å²) in [5.74, 6) is 0. The van der Waals surface area contributed by atoms with Gasteiger partial charge in [0.2, 0.25) is 22.8 Å². The fraction of sp³-hybridized carbons (Fsp3) is 0.353. The monoisotopic (exact) mass is 973 g/mol. The van der Waals surface area contributed by atoms with E-state index < -0.39 is 27.4 Å². The molecule has 4 aromatic heterocycles. The minimum absolute atomic E-state index is 0.319. The zero-order valence-electron chi connectivity index (χ0n) is 59.0. The molecule has 376 valence electrons. The van der Waals surface area contributed by atoms with Crippen LogP contribution in [0.2, 0.25) is 0 Å².